The van der Waals surface area contributed by atoms with Crippen molar-refractivity contribution >= 4 is 11.9 Å². The van der Waals surface area contributed by atoms with Gasteiger partial charge in [0.15, 0.2) is 0 Å². The number of primary amides is 1. The van der Waals surface area contributed by atoms with Gasteiger partial charge < -0.3 is 16.2 Å². The second-order valence-corrected chi connectivity index (χ2v) is 6.03. The highest BCUT2D eigenvalue weighted by atomic mass is 16.4. The maximum absolute atomic E-state index is 11.0. The Labute approximate surface area is 135 Å². The van der Waals surface area contributed by atoms with Gasteiger partial charge in [-0.25, -0.2) is 0 Å². The fraction of sp³-hybridized carbons (Fsp3) is 0.882. The van der Waals surface area contributed by atoms with Crippen molar-refractivity contribution in [2.45, 2.75) is 90.0 Å². The van der Waals surface area contributed by atoms with Crippen LogP contribution < -0.4 is 11.1 Å². The molecule has 0 aromatic carbocycles. The zero-order valence-corrected chi connectivity index (χ0v) is 14.1. The first kappa shape index (κ1) is 20.9. The first-order chi connectivity index (χ1) is 10.6. The first-order valence-electron chi connectivity index (χ1n) is 8.82. The van der Waals surface area contributed by atoms with Gasteiger partial charge in [0.2, 0.25) is 5.91 Å². The molecule has 0 saturated heterocycles. The van der Waals surface area contributed by atoms with E-state index in [1.165, 1.54) is 51.4 Å². The van der Waals surface area contributed by atoms with Gasteiger partial charge >= 0.3 is 5.97 Å². The van der Waals surface area contributed by atoms with Crippen molar-refractivity contribution in [3.8, 4) is 0 Å². The van der Waals surface area contributed by atoms with Gasteiger partial charge in [-0.3, -0.25) is 9.59 Å². The SMILES string of the molecule is CCCCCCCCCCCCN[C@@H](CCC(N)=O)C(=O)O. The van der Waals surface area contributed by atoms with E-state index in [9.17, 15) is 9.59 Å². The Morgan fingerprint density at radius 2 is 1.45 bits per heavy atom. The van der Waals surface area contributed by atoms with E-state index in [1.807, 2.05) is 0 Å². The van der Waals surface area contributed by atoms with Crippen molar-refractivity contribution in [1.29, 1.82) is 0 Å². The number of carbonyl (C=O) groups is 2. The number of nitrogens with one attached hydrogen (secondary N) is 1. The molecule has 1 atom stereocenters. The summed E-state index contributed by atoms with van der Waals surface area (Å²) in [4.78, 5) is 21.7. The molecule has 0 radical (unpaired) electrons. The lowest BCUT2D eigenvalue weighted by atomic mass is 10.1. The van der Waals surface area contributed by atoms with Crippen LogP contribution in [0.15, 0.2) is 0 Å². The lowest BCUT2D eigenvalue weighted by Crippen LogP contribution is -2.38. The molecule has 4 N–H and O–H groups in total. The highest BCUT2D eigenvalue weighted by Crippen LogP contribution is 2.10. The zero-order chi connectivity index (χ0) is 16.6. The zero-order valence-electron chi connectivity index (χ0n) is 14.1. The Balaban J connectivity index is 3.42. The summed E-state index contributed by atoms with van der Waals surface area (Å²) in [5, 5.41) is 12.0. The molecule has 1 amide bonds. The molecule has 0 heterocycles. The second-order valence-electron chi connectivity index (χ2n) is 6.03. The van der Waals surface area contributed by atoms with Gasteiger partial charge in [0.25, 0.3) is 0 Å². The minimum Gasteiger partial charge on any atom is -0.480 e. The van der Waals surface area contributed by atoms with Crippen LogP contribution in [0.3, 0.4) is 0 Å². The highest BCUT2D eigenvalue weighted by molar-refractivity contribution is 5.77. The van der Waals surface area contributed by atoms with Crippen LogP contribution in [0.4, 0.5) is 0 Å². The van der Waals surface area contributed by atoms with Crippen LogP contribution in [0.25, 0.3) is 0 Å². The summed E-state index contributed by atoms with van der Waals surface area (Å²) >= 11 is 0. The fourth-order valence-corrected chi connectivity index (χ4v) is 2.49. The number of rotatable bonds is 16. The molecular formula is C17H34N2O3. The van der Waals surface area contributed by atoms with Crippen LogP contribution in [0.1, 0.15) is 84.0 Å². The van der Waals surface area contributed by atoms with Crippen LogP contribution >= 0.6 is 0 Å². The van der Waals surface area contributed by atoms with Crippen LogP contribution in [-0.2, 0) is 9.59 Å². The third-order valence-electron chi connectivity index (χ3n) is 3.90. The lowest BCUT2D eigenvalue weighted by Gasteiger charge is -2.13. The van der Waals surface area contributed by atoms with E-state index in [0.29, 0.717) is 6.54 Å². The molecule has 22 heavy (non-hydrogen) atoms. The molecule has 0 spiro atoms. The topological polar surface area (TPSA) is 92.4 Å². The van der Waals surface area contributed by atoms with Gasteiger partial charge in [0.1, 0.15) is 6.04 Å². The highest BCUT2D eigenvalue weighted by Gasteiger charge is 2.16. The normalized spacial score (nSPS) is 12.2. The van der Waals surface area contributed by atoms with Crippen molar-refractivity contribution < 1.29 is 14.7 Å². The maximum Gasteiger partial charge on any atom is 0.320 e. The summed E-state index contributed by atoms with van der Waals surface area (Å²) in [6.45, 7) is 2.92. The molecular weight excluding hydrogens is 280 g/mol. The molecule has 0 fully saturated rings. The van der Waals surface area contributed by atoms with Gasteiger partial charge in [0.05, 0.1) is 0 Å². The summed E-state index contributed by atoms with van der Waals surface area (Å²) in [6.07, 6.45) is 13.0. The van der Waals surface area contributed by atoms with Crippen LogP contribution in [0.5, 0.6) is 0 Å². The lowest BCUT2D eigenvalue weighted by molar-refractivity contribution is -0.139. The van der Waals surface area contributed by atoms with E-state index in [2.05, 4.69) is 12.2 Å². The average molecular weight is 314 g/mol. The van der Waals surface area contributed by atoms with Crippen LogP contribution in [-0.4, -0.2) is 29.6 Å². The summed E-state index contributed by atoms with van der Waals surface area (Å²) < 4.78 is 0. The summed E-state index contributed by atoms with van der Waals surface area (Å²) in [7, 11) is 0. The standard InChI is InChI=1S/C17H34N2O3/c1-2-3-4-5-6-7-8-9-10-11-14-19-15(17(21)22)12-13-16(18)20/h15,19H,2-14H2,1H3,(H2,18,20)(H,21,22)/t15-/m0/s1. The minimum atomic E-state index is -0.909. The van der Waals surface area contributed by atoms with Crippen LogP contribution in [0.2, 0.25) is 0 Å². The van der Waals surface area contributed by atoms with Crippen molar-refractivity contribution in [1.82, 2.24) is 5.32 Å². The Kier molecular flexibility index (Phi) is 14.1. The molecule has 0 unspecified atom stereocenters. The molecule has 0 bridgehead atoms. The number of nitrogens with two attached hydrogens (primary N) is 1. The quantitative estimate of drug-likeness (QED) is 0.381. The van der Waals surface area contributed by atoms with E-state index in [4.69, 9.17) is 10.8 Å². The van der Waals surface area contributed by atoms with Gasteiger partial charge in [0, 0.05) is 6.42 Å². The van der Waals surface area contributed by atoms with Gasteiger partial charge in [-0.1, -0.05) is 64.7 Å². The smallest absolute Gasteiger partial charge is 0.320 e. The Bertz CT molecular complexity index is 296. The number of hydrogen-bond acceptors (Lipinski definition) is 3. The van der Waals surface area contributed by atoms with Gasteiger partial charge in [-0.15, -0.1) is 0 Å². The van der Waals surface area contributed by atoms with Crippen molar-refractivity contribution in [3.63, 3.8) is 0 Å². The number of aliphatic carboxylic acids is 1. The average Bonchev–Trinajstić information content (AvgIpc) is 2.47. The monoisotopic (exact) mass is 314 g/mol. The fourth-order valence-electron chi connectivity index (χ4n) is 2.49. The minimum absolute atomic E-state index is 0.113. The number of unbranched alkanes of at least 4 members (excludes halogenated alkanes) is 9. The molecule has 0 aliphatic carbocycles. The summed E-state index contributed by atoms with van der Waals surface area (Å²) in [5.41, 5.74) is 5.04. The molecule has 0 aromatic heterocycles. The third-order valence-corrected chi connectivity index (χ3v) is 3.90. The van der Waals surface area contributed by atoms with Gasteiger partial charge in [-0.05, 0) is 19.4 Å². The van der Waals surface area contributed by atoms with E-state index in [1.54, 1.807) is 0 Å². The molecule has 130 valence electrons. The predicted octanol–water partition coefficient (Wildman–Crippen LogP) is 3.22. The number of carbonyl (C=O) groups excluding carboxylic acids is 1. The first-order valence-corrected chi connectivity index (χ1v) is 8.82. The largest absolute Gasteiger partial charge is 0.480 e. The predicted molar refractivity (Wildman–Crippen MR) is 89.7 cm³/mol. The molecule has 0 rings (SSSR count). The Morgan fingerprint density at radius 1 is 0.955 bits per heavy atom. The van der Waals surface area contributed by atoms with Gasteiger partial charge in [-0.2, -0.15) is 0 Å². The molecule has 5 heteroatoms. The number of carboxylic acids is 1. The molecule has 0 aliphatic rings. The number of hydrogen-bond donors (Lipinski definition) is 3. The summed E-state index contributed by atoms with van der Waals surface area (Å²) in [5.74, 6) is -1.36. The second kappa shape index (κ2) is 14.8. The third kappa shape index (κ3) is 13.9. The molecule has 0 saturated carbocycles. The van der Waals surface area contributed by atoms with Crippen molar-refractivity contribution in [3.05, 3.63) is 0 Å². The molecule has 0 aliphatic heterocycles. The van der Waals surface area contributed by atoms with Crippen molar-refractivity contribution in [2.75, 3.05) is 6.54 Å². The number of carboxylic acid groups (broad SMARTS) is 1. The van der Waals surface area contributed by atoms with E-state index in [-0.39, 0.29) is 12.8 Å². The molecule has 0 aromatic rings. The van der Waals surface area contributed by atoms with Crippen LogP contribution in [0, 0.1) is 0 Å². The van der Waals surface area contributed by atoms with Crippen molar-refractivity contribution in [2.24, 2.45) is 5.73 Å². The Hall–Kier alpha value is -1.10. The van der Waals surface area contributed by atoms with E-state index < -0.39 is 17.9 Å². The van der Waals surface area contributed by atoms with E-state index >= 15 is 0 Å². The summed E-state index contributed by atoms with van der Waals surface area (Å²) in [6, 6.07) is -0.661. The van der Waals surface area contributed by atoms with E-state index in [0.717, 1.165) is 12.8 Å². The maximum atomic E-state index is 11.0. The Morgan fingerprint density at radius 3 is 1.91 bits per heavy atom. The number of amides is 1. The molecule has 5 nitrogen and oxygen atoms in total.